The summed E-state index contributed by atoms with van der Waals surface area (Å²) in [6, 6.07) is 4.78. The Kier molecular flexibility index (Phi) is 4.19. The SMILES string of the molecule is Cc1cc(F)ccc1NC1=NCC(CC(C)(C)C)S1. The summed E-state index contributed by atoms with van der Waals surface area (Å²) < 4.78 is 13.0. The minimum atomic E-state index is -0.199. The summed E-state index contributed by atoms with van der Waals surface area (Å²) in [5.74, 6) is -0.199. The molecular weight excluding hydrogens is 259 g/mol. The van der Waals surface area contributed by atoms with Crippen LogP contribution in [0.5, 0.6) is 0 Å². The monoisotopic (exact) mass is 280 g/mol. The van der Waals surface area contributed by atoms with Crippen molar-refractivity contribution in [2.45, 2.75) is 39.4 Å². The van der Waals surface area contributed by atoms with Crippen LogP contribution < -0.4 is 5.32 Å². The third-order valence-corrected chi connectivity index (χ3v) is 4.09. The van der Waals surface area contributed by atoms with E-state index in [0.717, 1.165) is 29.4 Å². The molecule has 2 rings (SSSR count). The van der Waals surface area contributed by atoms with E-state index in [1.165, 1.54) is 12.1 Å². The molecule has 0 aromatic heterocycles. The van der Waals surface area contributed by atoms with Crippen molar-refractivity contribution in [3.8, 4) is 0 Å². The van der Waals surface area contributed by atoms with Gasteiger partial charge in [0, 0.05) is 10.9 Å². The third-order valence-electron chi connectivity index (χ3n) is 2.99. The standard InChI is InChI=1S/C15H21FN2S/c1-10-7-11(16)5-6-13(10)18-14-17-9-12(19-14)8-15(2,3)4/h5-7,12H,8-9H2,1-4H3,(H,17,18). The molecule has 1 aliphatic rings. The van der Waals surface area contributed by atoms with Crippen molar-refractivity contribution >= 4 is 22.6 Å². The van der Waals surface area contributed by atoms with Crippen molar-refractivity contribution in [1.29, 1.82) is 0 Å². The van der Waals surface area contributed by atoms with Crippen LogP contribution in [0, 0.1) is 18.2 Å². The van der Waals surface area contributed by atoms with Gasteiger partial charge in [0.25, 0.3) is 0 Å². The number of halogens is 1. The van der Waals surface area contributed by atoms with E-state index in [4.69, 9.17) is 0 Å². The van der Waals surface area contributed by atoms with E-state index >= 15 is 0 Å². The van der Waals surface area contributed by atoms with Crippen LogP contribution in [0.25, 0.3) is 0 Å². The molecule has 104 valence electrons. The summed E-state index contributed by atoms with van der Waals surface area (Å²) in [6.07, 6.45) is 1.15. The molecule has 1 aromatic rings. The first-order chi connectivity index (χ1) is 8.83. The molecule has 0 amide bonds. The molecule has 0 aliphatic carbocycles. The molecule has 1 heterocycles. The molecule has 0 saturated carbocycles. The number of benzene rings is 1. The second kappa shape index (κ2) is 5.53. The Morgan fingerprint density at radius 2 is 2.16 bits per heavy atom. The molecule has 0 saturated heterocycles. The first kappa shape index (κ1) is 14.4. The van der Waals surface area contributed by atoms with Crippen molar-refractivity contribution < 1.29 is 4.39 Å². The predicted octanol–water partition coefficient (Wildman–Crippen LogP) is 4.45. The molecule has 0 fully saturated rings. The highest BCUT2D eigenvalue weighted by atomic mass is 32.2. The van der Waals surface area contributed by atoms with Gasteiger partial charge >= 0.3 is 0 Å². The summed E-state index contributed by atoms with van der Waals surface area (Å²) in [7, 11) is 0. The largest absolute Gasteiger partial charge is 0.335 e. The minimum absolute atomic E-state index is 0.199. The summed E-state index contributed by atoms with van der Waals surface area (Å²) in [5, 5.41) is 4.79. The van der Waals surface area contributed by atoms with Gasteiger partial charge in [-0.15, -0.1) is 0 Å². The molecule has 1 N–H and O–H groups in total. The number of nitrogens with one attached hydrogen (secondary N) is 1. The Hall–Kier alpha value is -1.03. The lowest BCUT2D eigenvalue weighted by Crippen LogP contribution is -2.16. The van der Waals surface area contributed by atoms with E-state index in [0.29, 0.717) is 10.7 Å². The molecule has 4 heteroatoms. The van der Waals surface area contributed by atoms with Gasteiger partial charge < -0.3 is 5.32 Å². The number of amidine groups is 1. The zero-order valence-corrected chi connectivity index (χ0v) is 12.8. The van der Waals surface area contributed by atoms with E-state index in [2.05, 4.69) is 31.1 Å². The molecule has 1 aliphatic heterocycles. The topological polar surface area (TPSA) is 24.4 Å². The number of rotatable bonds is 2. The zero-order valence-electron chi connectivity index (χ0n) is 12.0. The zero-order chi connectivity index (χ0) is 14.0. The summed E-state index contributed by atoms with van der Waals surface area (Å²) in [5.41, 5.74) is 2.17. The molecule has 2 nitrogen and oxygen atoms in total. The van der Waals surface area contributed by atoms with E-state index in [9.17, 15) is 4.39 Å². The van der Waals surface area contributed by atoms with Crippen molar-refractivity contribution in [2.75, 3.05) is 11.9 Å². The van der Waals surface area contributed by atoms with E-state index in [1.807, 2.05) is 6.92 Å². The number of anilines is 1. The fraction of sp³-hybridized carbons (Fsp3) is 0.533. The number of hydrogen-bond acceptors (Lipinski definition) is 3. The van der Waals surface area contributed by atoms with Crippen LogP contribution in [-0.4, -0.2) is 17.0 Å². The molecule has 19 heavy (non-hydrogen) atoms. The van der Waals surface area contributed by atoms with E-state index < -0.39 is 0 Å². The summed E-state index contributed by atoms with van der Waals surface area (Å²) in [4.78, 5) is 4.53. The van der Waals surface area contributed by atoms with Crippen molar-refractivity contribution in [3.05, 3.63) is 29.6 Å². The van der Waals surface area contributed by atoms with E-state index in [1.54, 1.807) is 17.8 Å². The second-order valence-corrected chi connectivity index (χ2v) is 7.52. The third kappa shape index (κ3) is 4.23. The molecular formula is C15H21FN2S. The van der Waals surface area contributed by atoms with Crippen LogP contribution in [0.4, 0.5) is 10.1 Å². The molecule has 0 bridgehead atoms. The predicted molar refractivity (Wildman–Crippen MR) is 82.5 cm³/mol. The highest BCUT2D eigenvalue weighted by Crippen LogP contribution is 2.32. The van der Waals surface area contributed by atoms with Gasteiger partial charge in [-0.05, 0) is 42.5 Å². The smallest absolute Gasteiger partial charge is 0.161 e. The average Bonchev–Trinajstić information content (AvgIpc) is 2.67. The second-order valence-electron chi connectivity index (χ2n) is 6.23. The number of nitrogens with zero attached hydrogens (tertiary/aromatic N) is 1. The highest BCUT2D eigenvalue weighted by Gasteiger charge is 2.25. The maximum atomic E-state index is 13.0. The number of aryl methyl sites for hydroxylation is 1. The van der Waals surface area contributed by atoms with Gasteiger partial charge in [-0.2, -0.15) is 0 Å². The van der Waals surface area contributed by atoms with Crippen molar-refractivity contribution in [2.24, 2.45) is 10.4 Å². The van der Waals surface area contributed by atoms with Crippen LogP contribution in [-0.2, 0) is 0 Å². The highest BCUT2D eigenvalue weighted by molar-refractivity contribution is 8.15. The molecule has 1 atom stereocenters. The minimum Gasteiger partial charge on any atom is -0.335 e. The Labute approximate surface area is 118 Å². The van der Waals surface area contributed by atoms with Gasteiger partial charge in [-0.25, -0.2) is 4.39 Å². The van der Waals surface area contributed by atoms with Crippen LogP contribution in [0.15, 0.2) is 23.2 Å². The average molecular weight is 280 g/mol. The molecule has 0 radical (unpaired) electrons. The fourth-order valence-corrected chi connectivity index (χ4v) is 3.52. The quantitative estimate of drug-likeness (QED) is 0.865. The van der Waals surface area contributed by atoms with Crippen LogP contribution >= 0.6 is 11.8 Å². The molecule has 0 spiro atoms. The summed E-state index contributed by atoms with van der Waals surface area (Å²) in [6.45, 7) is 9.53. The van der Waals surface area contributed by atoms with Crippen molar-refractivity contribution in [1.82, 2.24) is 0 Å². The lowest BCUT2D eigenvalue weighted by Gasteiger charge is -2.21. The summed E-state index contributed by atoms with van der Waals surface area (Å²) >= 11 is 1.79. The maximum Gasteiger partial charge on any atom is 0.161 e. The van der Waals surface area contributed by atoms with Crippen molar-refractivity contribution in [3.63, 3.8) is 0 Å². The number of thioether (sulfide) groups is 1. The Balaban J connectivity index is 1.95. The van der Waals surface area contributed by atoms with Crippen LogP contribution in [0.3, 0.4) is 0 Å². The first-order valence-electron chi connectivity index (χ1n) is 6.58. The first-order valence-corrected chi connectivity index (χ1v) is 7.46. The lowest BCUT2D eigenvalue weighted by atomic mass is 9.90. The van der Waals surface area contributed by atoms with Gasteiger partial charge in [0.15, 0.2) is 5.17 Å². The van der Waals surface area contributed by atoms with Gasteiger partial charge in [0.1, 0.15) is 5.82 Å². The van der Waals surface area contributed by atoms with E-state index in [-0.39, 0.29) is 5.82 Å². The Morgan fingerprint density at radius 1 is 1.42 bits per heavy atom. The van der Waals surface area contributed by atoms with Crippen LogP contribution in [0.2, 0.25) is 0 Å². The van der Waals surface area contributed by atoms with Gasteiger partial charge in [0.2, 0.25) is 0 Å². The Morgan fingerprint density at radius 3 is 2.79 bits per heavy atom. The number of hydrogen-bond donors (Lipinski definition) is 1. The molecule has 1 unspecified atom stereocenters. The van der Waals surface area contributed by atoms with Gasteiger partial charge in [-0.3, -0.25) is 4.99 Å². The fourth-order valence-electron chi connectivity index (χ4n) is 2.16. The lowest BCUT2D eigenvalue weighted by molar-refractivity contribution is 0.375. The molecule has 1 aromatic carbocycles. The van der Waals surface area contributed by atoms with Gasteiger partial charge in [-0.1, -0.05) is 32.5 Å². The normalized spacial score (nSPS) is 19.4. The Bertz CT molecular complexity index is 491. The number of aliphatic imine (C=N–C) groups is 1. The maximum absolute atomic E-state index is 13.0. The van der Waals surface area contributed by atoms with Gasteiger partial charge in [0.05, 0.1) is 6.54 Å². The van der Waals surface area contributed by atoms with Crippen LogP contribution in [0.1, 0.15) is 32.8 Å².